The van der Waals surface area contributed by atoms with E-state index in [1.165, 1.54) is 14.2 Å². The summed E-state index contributed by atoms with van der Waals surface area (Å²) >= 11 is 0. The molecule has 0 aliphatic carbocycles. The fourth-order valence-electron chi connectivity index (χ4n) is 4.55. The monoisotopic (exact) mass is 563 g/mol. The number of hydrogen-bond acceptors (Lipinski definition) is 8. The first-order chi connectivity index (χ1) is 19.7. The fraction of sp³-hybridized carbons (Fsp3) is 0.310. The average Bonchev–Trinajstić information content (AvgIpc) is 2.97. The number of halogens is 3. The minimum Gasteiger partial charge on any atom is -0.495 e. The number of nitrogens with one attached hydrogen (secondary N) is 1. The van der Waals surface area contributed by atoms with Crippen LogP contribution in [0.25, 0.3) is 0 Å². The van der Waals surface area contributed by atoms with Gasteiger partial charge in [-0.05, 0) is 67.1 Å². The molecule has 1 saturated heterocycles. The molecule has 0 saturated carbocycles. The summed E-state index contributed by atoms with van der Waals surface area (Å²) in [5.41, 5.74) is 0.837. The van der Waals surface area contributed by atoms with Crippen LogP contribution in [0.3, 0.4) is 0 Å². The molecule has 4 rings (SSSR count). The lowest BCUT2D eigenvalue weighted by Gasteiger charge is -2.31. The van der Waals surface area contributed by atoms with Crippen molar-refractivity contribution >= 4 is 31.2 Å². The van der Waals surface area contributed by atoms with Gasteiger partial charge in [-0.1, -0.05) is 30.2 Å². The molecule has 0 atom stereocenters. The molecule has 0 unspecified atom stereocenters. The SMILES string of the molecule is COC(=O)Cc1ccccc1C#Cc1nc(Nc2ccc(C3CCN([B]C=O)CC3)cc2OC)ncc1C(F)(F)F. The Morgan fingerprint density at radius 3 is 2.61 bits per heavy atom. The molecule has 1 fully saturated rings. The summed E-state index contributed by atoms with van der Waals surface area (Å²) in [5.74, 6) is 5.41. The number of carbonyl (C=O) groups excluding carboxylic acids is 2. The van der Waals surface area contributed by atoms with Crippen LogP contribution in [0.4, 0.5) is 24.8 Å². The van der Waals surface area contributed by atoms with Crippen molar-refractivity contribution in [3.8, 4) is 17.6 Å². The Hall–Kier alpha value is -4.37. The summed E-state index contributed by atoms with van der Waals surface area (Å²) < 4.78 is 51.5. The quantitative estimate of drug-likeness (QED) is 0.187. The molecule has 1 N–H and O–H groups in total. The van der Waals surface area contributed by atoms with Crippen LogP contribution < -0.4 is 10.1 Å². The van der Waals surface area contributed by atoms with Crippen LogP contribution >= 0.6 is 0 Å². The summed E-state index contributed by atoms with van der Waals surface area (Å²) in [6.45, 7) is 1.53. The summed E-state index contributed by atoms with van der Waals surface area (Å²) in [6, 6.07) is 12.2. The smallest absolute Gasteiger partial charge is 0.420 e. The zero-order chi connectivity index (χ0) is 29.4. The third-order valence-corrected chi connectivity index (χ3v) is 6.73. The Kier molecular flexibility index (Phi) is 9.63. The molecule has 12 heteroatoms. The van der Waals surface area contributed by atoms with Gasteiger partial charge in [-0.25, -0.2) is 9.97 Å². The van der Waals surface area contributed by atoms with Gasteiger partial charge < -0.3 is 24.4 Å². The third kappa shape index (κ3) is 7.64. The van der Waals surface area contributed by atoms with Gasteiger partial charge in [-0.3, -0.25) is 4.79 Å². The lowest BCUT2D eigenvalue weighted by atomic mass is 9.84. The van der Waals surface area contributed by atoms with Crippen LogP contribution in [0.5, 0.6) is 5.75 Å². The highest BCUT2D eigenvalue weighted by Crippen LogP contribution is 2.35. The predicted molar refractivity (Wildman–Crippen MR) is 148 cm³/mol. The molecule has 0 bridgehead atoms. The van der Waals surface area contributed by atoms with E-state index >= 15 is 0 Å². The molecule has 1 aliphatic rings. The molecule has 1 aromatic heterocycles. The highest BCUT2D eigenvalue weighted by Gasteiger charge is 2.35. The second-order valence-electron chi connectivity index (χ2n) is 9.29. The molecule has 1 radical (unpaired) electrons. The third-order valence-electron chi connectivity index (χ3n) is 6.73. The molecule has 2 aromatic carbocycles. The molecule has 8 nitrogen and oxygen atoms in total. The Bertz CT molecular complexity index is 1460. The van der Waals surface area contributed by atoms with Gasteiger partial charge in [0.15, 0.2) is 0 Å². The van der Waals surface area contributed by atoms with E-state index in [1.807, 2.05) is 16.9 Å². The number of nitrogens with zero attached hydrogens (tertiary/aromatic N) is 3. The summed E-state index contributed by atoms with van der Waals surface area (Å²) in [6.07, 6.45) is -1.60. The van der Waals surface area contributed by atoms with Crippen molar-refractivity contribution in [2.75, 3.05) is 32.6 Å². The fourth-order valence-corrected chi connectivity index (χ4v) is 4.55. The van der Waals surface area contributed by atoms with Crippen molar-refractivity contribution in [3.63, 3.8) is 0 Å². The predicted octanol–water partition coefficient (Wildman–Crippen LogP) is 4.35. The van der Waals surface area contributed by atoms with E-state index in [0.717, 1.165) is 37.7 Å². The second-order valence-corrected chi connectivity index (χ2v) is 9.29. The number of methoxy groups -OCH3 is 2. The van der Waals surface area contributed by atoms with Gasteiger partial charge in [0.1, 0.15) is 17.0 Å². The van der Waals surface area contributed by atoms with Gasteiger partial charge in [-0.2, -0.15) is 13.2 Å². The number of hydrogen-bond donors (Lipinski definition) is 1. The maximum absolute atomic E-state index is 13.8. The summed E-state index contributed by atoms with van der Waals surface area (Å²) in [5, 5.41) is 2.94. The van der Waals surface area contributed by atoms with Crippen molar-refractivity contribution in [3.05, 3.63) is 76.6 Å². The molecule has 0 spiro atoms. The highest BCUT2D eigenvalue weighted by atomic mass is 19.4. The van der Waals surface area contributed by atoms with Gasteiger partial charge in [0.25, 0.3) is 7.41 Å². The molecule has 211 valence electrons. The number of rotatable bonds is 8. The molecule has 1 aliphatic heterocycles. The van der Waals surface area contributed by atoms with Crippen molar-refractivity contribution in [1.29, 1.82) is 0 Å². The van der Waals surface area contributed by atoms with E-state index in [0.29, 0.717) is 28.8 Å². The standard InChI is InChI=1S/C29H27BF3N4O4/c1-40-26-15-22(20-11-13-37(14-12-20)30-18-38)8-10-25(26)36-28-34-17-23(29(31,32)33)24(35-28)9-7-19-5-3-4-6-21(19)16-27(39)41-2/h3-6,8,10,15,17-18,20H,11-14,16H2,1-2H3,(H,34,35,36). The molecule has 3 aromatic rings. The van der Waals surface area contributed by atoms with Crippen LogP contribution in [0.15, 0.2) is 48.7 Å². The minimum absolute atomic E-state index is 0.0733. The number of alkyl halides is 3. The van der Waals surface area contributed by atoms with Gasteiger partial charge in [0.05, 0.1) is 32.5 Å². The Morgan fingerprint density at radius 1 is 1.17 bits per heavy atom. The van der Waals surface area contributed by atoms with Crippen LogP contribution in [0.1, 0.15) is 46.7 Å². The number of aromatic nitrogens is 2. The van der Waals surface area contributed by atoms with E-state index in [-0.39, 0.29) is 18.3 Å². The van der Waals surface area contributed by atoms with Crippen molar-refractivity contribution < 1.29 is 32.2 Å². The highest BCUT2D eigenvalue weighted by molar-refractivity contribution is 6.64. The van der Waals surface area contributed by atoms with E-state index in [1.54, 1.807) is 37.7 Å². The van der Waals surface area contributed by atoms with Crippen molar-refractivity contribution in [2.45, 2.75) is 31.4 Å². The van der Waals surface area contributed by atoms with E-state index < -0.39 is 23.4 Å². The van der Waals surface area contributed by atoms with Gasteiger partial charge in [-0.15, -0.1) is 0 Å². The number of esters is 1. The number of carbonyl (C=O) groups is 2. The maximum Gasteiger partial charge on any atom is 0.420 e. The van der Waals surface area contributed by atoms with Crippen LogP contribution in [0, 0.1) is 11.8 Å². The lowest BCUT2D eigenvalue weighted by Crippen LogP contribution is -2.36. The normalized spacial score (nSPS) is 14.0. The molecule has 41 heavy (non-hydrogen) atoms. The van der Waals surface area contributed by atoms with Crippen LogP contribution in [-0.4, -0.2) is 61.7 Å². The van der Waals surface area contributed by atoms with Crippen molar-refractivity contribution in [2.24, 2.45) is 0 Å². The van der Waals surface area contributed by atoms with Gasteiger partial charge in [0, 0.05) is 11.8 Å². The van der Waals surface area contributed by atoms with Crippen LogP contribution in [0.2, 0.25) is 0 Å². The van der Waals surface area contributed by atoms with Crippen molar-refractivity contribution in [1.82, 2.24) is 14.8 Å². The number of benzene rings is 2. The molecule has 0 amide bonds. The van der Waals surface area contributed by atoms with Crippen LogP contribution in [-0.2, 0) is 26.9 Å². The largest absolute Gasteiger partial charge is 0.495 e. The first-order valence-electron chi connectivity index (χ1n) is 12.8. The summed E-state index contributed by atoms with van der Waals surface area (Å²) in [7, 11) is 4.30. The first kappa shape index (κ1) is 29.6. The van der Waals surface area contributed by atoms with E-state index in [4.69, 9.17) is 9.47 Å². The number of anilines is 2. The molecule has 2 heterocycles. The van der Waals surface area contributed by atoms with E-state index in [2.05, 4.69) is 27.1 Å². The Balaban J connectivity index is 1.60. The zero-order valence-electron chi connectivity index (χ0n) is 22.5. The van der Waals surface area contributed by atoms with Gasteiger partial charge >= 0.3 is 12.1 Å². The topological polar surface area (TPSA) is 93.7 Å². The minimum atomic E-state index is -4.73. The zero-order valence-corrected chi connectivity index (χ0v) is 22.5. The molecular weight excluding hydrogens is 536 g/mol. The Labute approximate surface area is 236 Å². The average molecular weight is 563 g/mol. The number of ether oxygens (including phenoxy) is 2. The first-order valence-corrected chi connectivity index (χ1v) is 12.8. The number of piperidine rings is 1. The maximum atomic E-state index is 13.8. The second kappa shape index (κ2) is 13.3. The van der Waals surface area contributed by atoms with E-state index in [9.17, 15) is 22.8 Å². The Morgan fingerprint density at radius 2 is 1.93 bits per heavy atom. The lowest BCUT2D eigenvalue weighted by molar-refractivity contribution is -0.140. The van der Waals surface area contributed by atoms with Gasteiger partial charge in [0.2, 0.25) is 5.95 Å². The summed E-state index contributed by atoms with van der Waals surface area (Å²) in [4.78, 5) is 32.4. The molecular formula is C29H27BF3N4O4.